The van der Waals surface area contributed by atoms with Crippen molar-refractivity contribution in [2.24, 2.45) is 0 Å². The summed E-state index contributed by atoms with van der Waals surface area (Å²) in [6, 6.07) is 10.5. The van der Waals surface area contributed by atoms with E-state index in [1.54, 1.807) is 0 Å². The summed E-state index contributed by atoms with van der Waals surface area (Å²) in [5.74, 6) is -0.00811. The predicted octanol–water partition coefficient (Wildman–Crippen LogP) is 4.91. The maximum absolute atomic E-state index is 13.6. The topological polar surface area (TPSA) is 81.5 Å². The maximum atomic E-state index is 13.6. The lowest BCUT2D eigenvalue weighted by atomic mass is 10.1. The molecule has 1 aromatic heterocycles. The maximum Gasteiger partial charge on any atom is 0.256 e. The minimum Gasteiger partial charge on any atom is -0.398 e. The second-order valence-electron chi connectivity index (χ2n) is 10.1. The summed E-state index contributed by atoms with van der Waals surface area (Å²) in [6.07, 6.45) is 6.04. The van der Waals surface area contributed by atoms with Gasteiger partial charge in [-0.05, 0) is 74.2 Å². The fourth-order valence-corrected chi connectivity index (χ4v) is 5.57. The predicted molar refractivity (Wildman–Crippen MR) is 142 cm³/mol. The smallest absolute Gasteiger partial charge is 0.256 e. The van der Waals surface area contributed by atoms with E-state index in [0.717, 1.165) is 62.2 Å². The molecule has 3 aromatic rings. The van der Waals surface area contributed by atoms with Crippen LogP contribution < -0.4 is 10.6 Å². The van der Waals surface area contributed by atoms with Gasteiger partial charge in [0.2, 0.25) is 0 Å². The number of hydrogen-bond donors (Lipinski definition) is 2. The molecule has 0 bridgehead atoms. The molecule has 0 saturated carbocycles. The third kappa shape index (κ3) is 4.87. The van der Waals surface area contributed by atoms with E-state index in [4.69, 9.17) is 5.73 Å². The van der Waals surface area contributed by atoms with Gasteiger partial charge in [-0.15, -0.1) is 0 Å². The minimum absolute atomic E-state index is 0.00811. The summed E-state index contributed by atoms with van der Waals surface area (Å²) in [6.45, 7) is 10.8. The van der Waals surface area contributed by atoms with Gasteiger partial charge in [0.1, 0.15) is 0 Å². The van der Waals surface area contributed by atoms with Gasteiger partial charge in [-0.2, -0.15) is 5.10 Å². The van der Waals surface area contributed by atoms with Crippen molar-refractivity contribution in [1.82, 2.24) is 20.0 Å². The molecular weight excluding hydrogens is 436 g/mol. The van der Waals surface area contributed by atoms with Crippen LogP contribution in [0.2, 0.25) is 0 Å². The molecule has 186 valence electrons. The highest BCUT2D eigenvalue weighted by Gasteiger charge is 2.27. The average molecular weight is 475 g/mol. The van der Waals surface area contributed by atoms with E-state index in [1.165, 1.54) is 36.1 Å². The molecule has 0 radical (unpaired) electrons. The number of carbonyl (C=O) groups is 1. The number of rotatable bonds is 8. The Morgan fingerprint density at radius 3 is 2.51 bits per heavy atom. The van der Waals surface area contributed by atoms with Gasteiger partial charge in [0.05, 0.1) is 16.8 Å². The number of carbonyl (C=O) groups excluding carboxylic acids is 1. The number of anilines is 2. The second-order valence-corrected chi connectivity index (χ2v) is 10.1. The van der Waals surface area contributed by atoms with Gasteiger partial charge in [0.15, 0.2) is 0 Å². The van der Waals surface area contributed by atoms with E-state index in [9.17, 15) is 4.79 Å². The number of nitrogens with one attached hydrogen (secondary N) is 1. The Morgan fingerprint density at radius 1 is 1.03 bits per heavy atom. The number of nitrogens with two attached hydrogens (primary N) is 1. The molecule has 0 unspecified atom stereocenters. The normalized spacial score (nSPS) is 16.1. The largest absolute Gasteiger partial charge is 0.398 e. The number of hydrogen-bond acceptors (Lipinski definition) is 5. The van der Waals surface area contributed by atoms with Gasteiger partial charge < -0.3 is 15.5 Å². The van der Waals surface area contributed by atoms with Crippen molar-refractivity contribution < 1.29 is 4.79 Å². The molecule has 1 fully saturated rings. The molecule has 0 spiro atoms. The molecule has 2 aliphatic heterocycles. The number of piperidine rings is 1. The first kappa shape index (κ1) is 23.7. The van der Waals surface area contributed by atoms with Crippen LogP contribution in [0.5, 0.6) is 0 Å². The summed E-state index contributed by atoms with van der Waals surface area (Å²) in [5.41, 5.74) is 13.0. The van der Waals surface area contributed by atoms with Crippen LogP contribution in [-0.4, -0.2) is 52.1 Å². The van der Waals surface area contributed by atoms with E-state index < -0.39 is 0 Å². The lowest BCUT2D eigenvalue weighted by Crippen LogP contribution is -2.29. The van der Waals surface area contributed by atoms with Crippen molar-refractivity contribution in [1.29, 1.82) is 0 Å². The molecule has 7 nitrogen and oxygen atoms in total. The number of H-pyrrole nitrogens is 1. The van der Waals surface area contributed by atoms with Gasteiger partial charge in [-0.25, -0.2) is 0 Å². The number of aromatic nitrogens is 2. The molecule has 35 heavy (non-hydrogen) atoms. The van der Waals surface area contributed by atoms with Crippen molar-refractivity contribution in [2.45, 2.75) is 65.6 Å². The van der Waals surface area contributed by atoms with Crippen LogP contribution in [-0.2, 0) is 19.6 Å². The quantitative estimate of drug-likeness (QED) is 0.453. The Hall–Kier alpha value is -3.06. The molecule has 1 amide bonds. The number of nitrogens with zero attached hydrogens (tertiary/aromatic N) is 4. The van der Waals surface area contributed by atoms with E-state index in [-0.39, 0.29) is 5.91 Å². The van der Waals surface area contributed by atoms with Gasteiger partial charge in [-0.1, -0.05) is 26.3 Å². The molecule has 3 N–H and O–H groups in total. The zero-order valence-electron chi connectivity index (χ0n) is 21.1. The zero-order valence-corrected chi connectivity index (χ0v) is 21.1. The number of likely N-dealkylation sites (tertiary alicyclic amines) is 1. The van der Waals surface area contributed by atoms with Crippen LogP contribution in [0.15, 0.2) is 30.3 Å². The highest BCUT2D eigenvalue weighted by molar-refractivity contribution is 6.04. The molecule has 7 heteroatoms. The Bertz CT molecular complexity index is 1190. The van der Waals surface area contributed by atoms with Crippen molar-refractivity contribution in [3.63, 3.8) is 0 Å². The summed E-state index contributed by atoms with van der Waals surface area (Å²) < 4.78 is 0. The first-order valence-corrected chi connectivity index (χ1v) is 13.2. The van der Waals surface area contributed by atoms with Crippen molar-refractivity contribution in [2.75, 3.05) is 36.8 Å². The van der Waals surface area contributed by atoms with Crippen molar-refractivity contribution in [3.8, 4) is 0 Å². The Balaban J connectivity index is 1.36. The van der Waals surface area contributed by atoms with Crippen LogP contribution in [0.3, 0.4) is 0 Å². The van der Waals surface area contributed by atoms with Crippen LogP contribution in [0.4, 0.5) is 11.4 Å². The van der Waals surface area contributed by atoms with Crippen molar-refractivity contribution in [3.05, 3.63) is 52.7 Å². The van der Waals surface area contributed by atoms with E-state index in [1.807, 2.05) is 17.0 Å². The molecule has 2 aromatic carbocycles. The van der Waals surface area contributed by atoms with Crippen LogP contribution in [0, 0.1) is 0 Å². The van der Waals surface area contributed by atoms with Crippen LogP contribution in [0.25, 0.3) is 10.9 Å². The van der Waals surface area contributed by atoms with Crippen LogP contribution in [0.1, 0.15) is 73.1 Å². The van der Waals surface area contributed by atoms with E-state index in [2.05, 4.69) is 52.0 Å². The minimum atomic E-state index is -0.00811. The van der Waals surface area contributed by atoms with Crippen LogP contribution >= 0.6 is 0 Å². The zero-order chi connectivity index (χ0) is 24.4. The third-order valence-electron chi connectivity index (χ3n) is 7.42. The molecule has 0 atom stereocenters. The Kier molecular flexibility index (Phi) is 6.95. The molecule has 0 aliphatic carbocycles. The number of amides is 1. The van der Waals surface area contributed by atoms with Gasteiger partial charge in [-0.3, -0.25) is 14.8 Å². The molecule has 3 heterocycles. The Labute approximate surface area is 208 Å². The number of benzene rings is 2. The number of fused-ring (bicyclic) bond motifs is 2. The molecular formula is C28H38N6O. The summed E-state index contributed by atoms with van der Waals surface area (Å²) >= 11 is 0. The monoisotopic (exact) mass is 474 g/mol. The van der Waals surface area contributed by atoms with Crippen molar-refractivity contribution >= 4 is 28.2 Å². The van der Waals surface area contributed by atoms with E-state index >= 15 is 0 Å². The lowest BCUT2D eigenvalue weighted by Gasteiger charge is -2.25. The summed E-state index contributed by atoms with van der Waals surface area (Å²) in [7, 11) is 0. The van der Waals surface area contributed by atoms with Gasteiger partial charge in [0, 0.05) is 49.5 Å². The fourth-order valence-electron chi connectivity index (χ4n) is 5.57. The van der Waals surface area contributed by atoms with Gasteiger partial charge in [0.25, 0.3) is 5.91 Å². The fraction of sp³-hybridized carbons (Fsp3) is 0.500. The highest BCUT2D eigenvalue weighted by atomic mass is 16.2. The van der Waals surface area contributed by atoms with Gasteiger partial charge >= 0.3 is 0 Å². The molecule has 2 aliphatic rings. The first-order chi connectivity index (χ1) is 17.1. The second kappa shape index (κ2) is 10.3. The highest BCUT2D eigenvalue weighted by Crippen LogP contribution is 2.31. The number of aromatic amines is 1. The first-order valence-electron chi connectivity index (χ1n) is 13.2. The standard InChI is InChI=1S/C28H38N6O/c1-3-10-33(11-4-2)22-9-8-20-17-34(18-21(20)14-22)28(35)23-15-24-26(16-25(23)29)30-31-27(24)19-32-12-6-5-7-13-32/h8-9,14-16H,3-7,10-13,17-19,29H2,1-2H3,(H,30,31). The van der Waals surface area contributed by atoms with E-state index in [0.29, 0.717) is 24.3 Å². The SMILES string of the molecule is CCCN(CCC)c1ccc2c(c1)CN(C(=O)c1cc3c(CN4CCCCC4)[nH]nc3cc1N)C2. The molecule has 1 saturated heterocycles. The summed E-state index contributed by atoms with van der Waals surface area (Å²) in [4.78, 5) is 20.4. The Morgan fingerprint density at radius 2 is 1.77 bits per heavy atom. The third-order valence-corrected chi connectivity index (χ3v) is 7.42. The summed E-state index contributed by atoms with van der Waals surface area (Å²) in [5, 5.41) is 8.67. The lowest BCUT2D eigenvalue weighted by molar-refractivity contribution is 0.0752. The average Bonchev–Trinajstić information content (AvgIpc) is 3.47. The number of nitrogen functional groups attached to an aromatic ring is 1. The molecule has 5 rings (SSSR count).